The van der Waals surface area contributed by atoms with Gasteiger partial charge in [0.05, 0.1) is 0 Å². The third-order valence-corrected chi connectivity index (χ3v) is 4.81. The van der Waals surface area contributed by atoms with Gasteiger partial charge in [0.25, 0.3) is 0 Å². The summed E-state index contributed by atoms with van der Waals surface area (Å²) in [6, 6.07) is 11.1. The highest BCUT2D eigenvalue weighted by atomic mass is 79.9. The maximum Gasteiger partial charge on any atom is 0.179 e. The van der Waals surface area contributed by atoms with Crippen LogP contribution in [0.4, 0.5) is 0 Å². The molecule has 25 heavy (non-hydrogen) atoms. The predicted octanol–water partition coefficient (Wildman–Crippen LogP) is 1.71. The van der Waals surface area contributed by atoms with E-state index in [9.17, 15) is 0 Å². The molecule has 0 unspecified atom stereocenters. The van der Waals surface area contributed by atoms with Crippen molar-refractivity contribution in [2.45, 2.75) is 64.7 Å². The maximum absolute atomic E-state index is 3.48. The number of halogens is 1. The molecule has 132 valence electrons. The third kappa shape index (κ3) is 6.01. The van der Waals surface area contributed by atoms with Crippen molar-refractivity contribution in [2.24, 2.45) is 0 Å². The zero-order valence-corrected chi connectivity index (χ0v) is 16.8. The molecule has 0 spiro atoms. The number of H-pyrrole nitrogens is 1. The molecule has 0 atom stereocenters. The van der Waals surface area contributed by atoms with Crippen molar-refractivity contribution in [3.05, 3.63) is 64.5 Å². The van der Waals surface area contributed by atoms with Crippen LogP contribution >= 0.6 is 0 Å². The van der Waals surface area contributed by atoms with Gasteiger partial charge in [0, 0.05) is 30.0 Å². The van der Waals surface area contributed by atoms with E-state index in [1.165, 1.54) is 48.9 Å². The lowest BCUT2D eigenvalue weighted by atomic mass is 9.92. The quantitative estimate of drug-likeness (QED) is 0.538. The van der Waals surface area contributed by atoms with E-state index < -0.39 is 0 Å². The number of aromatic amines is 1. The molecule has 0 radical (unpaired) electrons. The molecule has 1 nitrogen and oxygen atoms in total. The van der Waals surface area contributed by atoms with Gasteiger partial charge in [0.15, 0.2) is 11.9 Å². The summed E-state index contributed by atoms with van der Waals surface area (Å²) in [5, 5.41) is 0. The lowest BCUT2D eigenvalue weighted by Crippen LogP contribution is -3.00. The highest BCUT2D eigenvalue weighted by molar-refractivity contribution is 5.36. The first-order chi connectivity index (χ1) is 11.8. The van der Waals surface area contributed by atoms with Gasteiger partial charge in [-0.2, -0.15) is 0 Å². The van der Waals surface area contributed by atoms with Crippen molar-refractivity contribution in [3.8, 4) is 11.8 Å². The second-order valence-corrected chi connectivity index (χ2v) is 6.82. The fraction of sp³-hybridized carbons (Fsp3) is 0.435. The molecular formula is C23H28BrN. The lowest BCUT2D eigenvalue weighted by molar-refractivity contribution is -0.391. The Balaban J connectivity index is 0.00000225. The number of rotatable bonds is 5. The summed E-state index contributed by atoms with van der Waals surface area (Å²) in [5.74, 6) is 6.61. The predicted molar refractivity (Wildman–Crippen MR) is 99.9 cm³/mol. The molecule has 0 aliphatic heterocycles. The second kappa shape index (κ2) is 10.4. The summed E-state index contributed by atoms with van der Waals surface area (Å²) in [7, 11) is 0. The molecule has 0 amide bonds. The number of pyridine rings is 1. The van der Waals surface area contributed by atoms with Crippen molar-refractivity contribution < 1.29 is 22.0 Å². The van der Waals surface area contributed by atoms with Crippen molar-refractivity contribution in [2.75, 3.05) is 0 Å². The molecule has 2 heteroatoms. The van der Waals surface area contributed by atoms with E-state index in [4.69, 9.17) is 0 Å². The van der Waals surface area contributed by atoms with Crippen LogP contribution in [0.15, 0.2) is 36.5 Å². The van der Waals surface area contributed by atoms with E-state index in [-0.39, 0.29) is 17.0 Å². The Morgan fingerprint density at radius 3 is 2.52 bits per heavy atom. The van der Waals surface area contributed by atoms with Crippen LogP contribution in [0.3, 0.4) is 0 Å². The van der Waals surface area contributed by atoms with E-state index in [1.807, 2.05) is 0 Å². The number of hydrogen-bond donors (Lipinski definition) is 0. The topological polar surface area (TPSA) is 14.1 Å². The number of unbranched alkanes of at least 4 members (excludes halogenated alkanes) is 1. The van der Waals surface area contributed by atoms with Crippen molar-refractivity contribution in [3.63, 3.8) is 0 Å². The van der Waals surface area contributed by atoms with Gasteiger partial charge in [-0.1, -0.05) is 37.3 Å². The Hall–Kier alpha value is -1.59. The van der Waals surface area contributed by atoms with E-state index in [2.05, 4.69) is 60.3 Å². The van der Waals surface area contributed by atoms with E-state index in [0.717, 1.165) is 31.2 Å². The van der Waals surface area contributed by atoms with Gasteiger partial charge < -0.3 is 17.0 Å². The number of nitrogens with one attached hydrogen (secondary N) is 1. The third-order valence-electron chi connectivity index (χ3n) is 4.81. The summed E-state index contributed by atoms with van der Waals surface area (Å²) in [5.41, 5.74) is 6.99. The zero-order valence-electron chi connectivity index (χ0n) is 15.2. The molecule has 1 aliphatic carbocycles. The van der Waals surface area contributed by atoms with Gasteiger partial charge in [-0.25, -0.2) is 4.98 Å². The Labute approximate surface area is 163 Å². The van der Waals surface area contributed by atoms with Crippen LogP contribution < -0.4 is 22.0 Å². The van der Waals surface area contributed by atoms with Crippen molar-refractivity contribution in [1.29, 1.82) is 0 Å². The second-order valence-electron chi connectivity index (χ2n) is 6.82. The Bertz CT molecular complexity index is 722. The van der Waals surface area contributed by atoms with Crippen LogP contribution in [0, 0.1) is 11.8 Å². The van der Waals surface area contributed by atoms with Gasteiger partial charge in [-0.05, 0) is 61.8 Å². The number of aryl methyl sites for hydroxylation is 4. The van der Waals surface area contributed by atoms with E-state index in [0.29, 0.717) is 0 Å². The van der Waals surface area contributed by atoms with Crippen molar-refractivity contribution in [1.82, 2.24) is 0 Å². The number of aromatic nitrogens is 1. The first kappa shape index (κ1) is 19.7. The Kier molecular flexibility index (Phi) is 8.22. The minimum absolute atomic E-state index is 0. The van der Waals surface area contributed by atoms with Crippen LogP contribution in [-0.2, 0) is 25.7 Å². The molecular weight excluding hydrogens is 370 g/mol. The number of hydrogen-bond acceptors (Lipinski definition) is 0. The van der Waals surface area contributed by atoms with E-state index >= 15 is 0 Å². The molecule has 1 aliphatic rings. The average molecular weight is 398 g/mol. The molecule has 0 fully saturated rings. The van der Waals surface area contributed by atoms with E-state index in [1.54, 1.807) is 5.56 Å². The lowest BCUT2D eigenvalue weighted by Gasteiger charge is -2.12. The molecule has 1 N–H and O–H groups in total. The van der Waals surface area contributed by atoms with Crippen LogP contribution in [-0.4, -0.2) is 0 Å². The fourth-order valence-electron chi connectivity index (χ4n) is 3.43. The van der Waals surface area contributed by atoms with Crippen molar-refractivity contribution >= 4 is 0 Å². The molecule has 0 saturated carbocycles. The first-order valence-electron chi connectivity index (χ1n) is 9.45. The van der Waals surface area contributed by atoms with Gasteiger partial charge in [-0.15, -0.1) is 0 Å². The van der Waals surface area contributed by atoms with Crippen LogP contribution in [0.5, 0.6) is 0 Å². The summed E-state index contributed by atoms with van der Waals surface area (Å²) in [4.78, 5) is 3.48. The monoisotopic (exact) mass is 397 g/mol. The zero-order chi connectivity index (χ0) is 16.6. The summed E-state index contributed by atoms with van der Waals surface area (Å²) in [6.45, 7) is 2.22. The number of benzene rings is 1. The molecule has 0 bridgehead atoms. The highest BCUT2D eigenvalue weighted by Gasteiger charge is 2.13. The fourth-order valence-corrected chi connectivity index (χ4v) is 3.43. The maximum atomic E-state index is 3.48. The molecule has 1 aromatic carbocycles. The molecule has 3 rings (SSSR count). The average Bonchev–Trinajstić information content (AvgIpc) is 2.63. The molecule has 2 aromatic rings. The summed E-state index contributed by atoms with van der Waals surface area (Å²) >= 11 is 0. The molecule has 0 saturated heterocycles. The smallest absolute Gasteiger partial charge is 0.179 e. The van der Waals surface area contributed by atoms with Gasteiger partial charge in [0.1, 0.15) is 0 Å². The normalized spacial score (nSPS) is 12.5. The van der Waals surface area contributed by atoms with Gasteiger partial charge in [-0.3, -0.25) is 0 Å². The Morgan fingerprint density at radius 1 is 1.00 bits per heavy atom. The standard InChI is InChI=1S/C23H27N.BrH/c1-2-8-19-13-15-20(16-14-19)9-4-3-5-12-23-17-21-10-6-7-11-22(21)18-24-23;/h13-18H,2-3,5-8,10-12H2,1H3;1H. The summed E-state index contributed by atoms with van der Waals surface area (Å²) < 4.78 is 0. The molecule has 1 heterocycles. The first-order valence-corrected chi connectivity index (χ1v) is 9.45. The number of fused-ring (bicyclic) bond motifs is 1. The Morgan fingerprint density at radius 2 is 1.76 bits per heavy atom. The largest absolute Gasteiger partial charge is 1.00 e. The van der Waals surface area contributed by atoms with Crippen LogP contribution in [0.2, 0.25) is 0 Å². The minimum atomic E-state index is 0. The van der Waals surface area contributed by atoms with Crippen LogP contribution in [0.1, 0.15) is 67.0 Å². The minimum Gasteiger partial charge on any atom is -1.00 e. The SMILES string of the molecule is CCCc1ccc(C#CCCCc2cc3c(c[nH+]2)CCCC3)cc1.[Br-]. The summed E-state index contributed by atoms with van der Waals surface area (Å²) in [6.07, 6.45) is 13.0. The van der Waals surface area contributed by atoms with Gasteiger partial charge >= 0.3 is 0 Å². The van der Waals surface area contributed by atoms with Crippen LogP contribution in [0.25, 0.3) is 0 Å². The molecule has 1 aromatic heterocycles. The van der Waals surface area contributed by atoms with Gasteiger partial charge in [0.2, 0.25) is 0 Å². The highest BCUT2D eigenvalue weighted by Crippen LogP contribution is 2.20.